The van der Waals surface area contributed by atoms with Crippen LogP contribution in [0, 0.1) is 5.92 Å². The van der Waals surface area contributed by atoms with Gasteiger partial charge in [-0.1, -0.05) is 13.8 Å². The summed E-state index contributed by atoms with van der Waals surface area (Å²) < 4.78 is 25.6. The molecule has 1 aromatic heterocycles. The number of aromatic amines is 1. The van der Waals surface area contributed by atoms with Crippen molar-refractivity contribution in [3.63, 3.8) is 0 Å². The Morgan fingerprint density at radius 1 is 1.47 bits per heavy atom. The van der Waals surface area contributed by atoms with Crippen LogP contribution in [0.5, 0.6) is 0 Å². The molecule has 1 heterocycles. The zero-order valence-corrected chi connectivity index (χ0v) is 9.97. The van der Waals surface area contributed by atoms with Crippen LogP contribution >= 0.6 is 0 Å². The number of nitrogens with one attached hydrogen (secondary N) is 2. The molecule has 0 radical (unpaired) electrons. The summed E-state index contributed by atoms with van der Waals surface area (Å²) in [5.74, 6) is 0.614. The van der Waals surface area contributed by atoms with Crippen LogP contribution in [0.25, 0.3) is 0 Å². The maximum atomic E-state index is 11.5. The normalized spacial score (nSPS) is 12.2. The molecule has 0 saturated carbocycles. The summed E-state index contributed by atoms with van der Waals surface area (Å²) in [6.07, 6.45) is 4.26. The molecule has 0 fully saturated rings. The monoisotopic (exact) mass is 230 g/mol. The van der Waals surface area contributed by atoms with Gasteiger partial charge in [-0.2, -0.15) is 0 Å². The molecule has 0 atom stereocenters. The van der Waals surface area contributed by atoms with Gasteiger partial charge in [0, 0.05) is 18.9 Å². The highest BCUT2D eigenvalue weighted by Gasteiger charge is 2.10. The third kappa shape index (κ3) is 4.99. The van der Waals surface area contributed by atoms with Gasteiger partial charge in [-0.25, -0.2) is 13.1 Å². The zero-order chi connectivity index (χ0) is 11.3. The van der Waals surface area contributed by atoms with Crippen molar-refractivity contribution in [3.05, 3.63) is 24.0 Å². The highest BCUT2D eigenvalue weighted by Crippen LogP contribution is 2.03. The highest BCUT2D eigenvalue weighted by atomic mass is 32.2. The van der Waals surface area contributed by atoms with Gasteiger partial charge in [0.15, 0.2) is 0 Å². The predicted molar refractivity (Wildman–Crippen MR) is 60.9 cm³/mol. The van der Waals surface area contributed by atoms with Gasteiger partial charge in [0.1, 0.15) is 0 Å². The number of hydrogen-bond acceptors (Lipinski definition) is 2. The summed E-state index contributed by atoms with van der Waals surface area (Å²) in [4.78, 5) is 2.88. The van der Waals surface area contributed by atoms with Gasteiger partial charge in [-0.05, 0) is 24.0 Å². The van der Waals surface area contributed by atoms with Crippen molar-refractivity contribution in [1.29, 1.82) is 0 Å². The summed E-state index contributed by atoms with van der Waals surface area (Å²) >= 11 is 0. The van der Waals surface area contributed by atoms with Crippen LogP contribution < -0.4 is 4.72 Å². The second-order valence-electron chi connectivity index (χ2n) is 4.04. The molecule has 0 unspecified atom stereocenters. The van der Waals surface area contributed by atoms with Crippen molar-refractivity contribution in [1.82, 2.24) is 9.71 Å². The van der Waals surface area contributed by atoms with E-state index in [9.17, 15) is 8.42 Å². The van der Waals surface area contributed by atoms with E-state index < -0.39 is 10.0 Å². The fourth-order valence-corrected chi connectivity index (χ4v) is 2.44. The van der Waals surface area contributed by atoms with Crippen LogP contribution in [-0.4, -0.2) is 19.2 Å². The van der Waals surface area contributed by atoms with Crippen molar-refractivity contribution in [3.8, 4) is 0 Å². The van der Waals surface area contributed by atoms with Crippen molar-refractivity contribution in [2.24, 2.45) is 5.92 Å². The Hall–Kier alpha value is -0.810. The molecule has 4 nitrogen and oxygen atoms in total. The molecule has 0 spiro atoms. The summed E-state index contributed by atoms with van der Waals surface area (Å²) in [5.41, 5.74) is 0.947. The summed E-state index contributed by atoms with van der Waals surface area (Å²) in [5, 5.41) is 0. The molecule has 0 bridgehead atoms. The first-order valence-corrected chi connectivity index (χ1v) is 6.74. The van der Waals surface area contributed by atoms with E-state index in [0.29, 0.717) is 18.9 Å². The van der Waals surface area contributed by atoms with E-state index in [1.165, 1.54) is 0 Å². The second-order valence-corrected chi connectivity index (χ2v) is 5.97. The maximum absolute atomic E-state index is 11.5. The Bertz CT molecular complexity index is 368. The molecular weight excluding hydrogens is 212 g/mol. The molecule has 5 heteroatoms. The third-order valence-corrected chi connectivity index (χ3v) is 3.48. The lowest BCUT2D eigenvalue weighted by Gasteiger charge is -2.07. The number of sulfonamides is 1. The standard InChI is InChI=1S/C10H18N2O2S/c1-9(2)4-6-15(13,14)12-8-10-3-5-11-7-10/h3,5,7,9,11-12H,4,6,8H2,1-2H3. The molecular formula is C10H18N2O2S. The van der Waals surface area contributed by atoms with Crippen molar-refractivity contribution < 1.29 is 8.42 Å². The molecule has 0 aliphatic carbocycles. The fourth-order valence-electron chi connectivity index (χ4n) is 1.12. The molecule has 15 heavy (non-hydrogen) atoms. The van der Waals surface area contributed by atoms with E-state index in [0.717, 1.165) is 5.56 Å². The quantitative estimate of drug-likeness (QED) is 0.777. The van der Waals surface area contributed by atoms with E-state index in [1.807, 2.05) is 19.9 Å². The first kappa shape index (κ1) is 12.3. The average Bonchev–Trinajstić information content (AvgIpc) is 2.65. The predicted octanol–water partition coefficient (Wildman–Crippen LogP) is 1.48. The number of hydrogen-bond donors (Lipinski definition) is 2. The lowest BCUT2D eigenvalue weighted by Crippen LogP contribution is -2.26. The Kier molecular flexibility index (Phi) is 4.35. The zero-order valence-electron chi connectivity index (χ0n) is 9.16. The second kappa shape index (κ2) is 5.32. The average molecular weight is 230 g/mol. The smallest absolute Gasteiger partial charge is 0.211 e. The van der Waals surface area contributed by atoms with Crippen molar-refractivity contribution in [2.75, 3.05) is 5.75 Å². The Labute approximate surface area is 91.1 Å². The first-order valence-electron chi connectivity index (χ1n) is 5.08. The van der Waals surface area contributed by atoms with Gasteiger partial charge in [-0.15, -0.1) is 0 Å². The van der Waals surface area contributed by atoms with Gasteiger partial charge in [0.25, 0.3) is 0 Å². The van der Waals surface area contributed by atoms with Crippen LogP contribution in [0.2, 0.25) is 0 Å². The lowest BCUT2D eigenvalue weighted by atomic mass is 10.2. The van der Waals surface area contributed by atoms with Crippen molar-refractivity contribution >= 4 is 10.0 Å². The molecule has 86 valence electrons. The minimum absolute atomic E-state index is 0.203. The molecule has 0 aliphatic rings. The first-order chi connectivity index (χ1) is 6.99. The van der Waals surface area contributed by atoms with Crippen LogP contribution in [0.3, 0.4) is 0 Å². The van der Waals surface area contributed by atoms with Crippen LogP contribution in [0.1, 0.15) is 25.8 Å². The molecule has 0 saturated heterocycles. The maximum Gasteiger partial charge on any atom is 0.211 e. The molecule has 0 aliphatic heterocycles. The Balaban J connectivity index is 2.37. The minimum Gasteiger partial charge on any atom is -0.367 e. The molecule has 0 amide bonds. The largest absolute Gasteiger partial charge is 0.367 e. The molecule has 1 aromatic rings. The van der Waals surface area contributed by atoms with Crippen LogP contribution in [-0.2, 0) is 16.6 Å². The van der Waals surface area contributed by atoms with Crippen LogP contribution in [0.15, 0.2) is 18.5 Å². The summed E-state index contributed by atoms with van der Waals surface area (Å²) in [6, 6.07) is 1.85. The van der Waals surface area contributed by atoms with Gasteiger partial charge in [-0.3, -0.25) is 0 Å². The molecule has 0 aromatic carbocycles. The minimum atomic E-state index is -3.12. The topological polar surface area (TPSA) is 62.0 Å². The van der Waals surface area contributed by atoms with Gasteiger partial charge in [0.2, 0.25) is 10.0 Å². The molecule has 2 N–H and O–H groups in total. The fraction of sp³-hybridized carbons (Fsp3) is 0.600. The SMILES string of the molecule is CC(C)CCS(=O)(=O)NCc1cc[nH]c1. The van der Waals surface area contributed by atoms with E-state index in [2.05, 4.69) is 9.71 Å². The van der Waals surface area contributed by atoms with Gasteiger partial charge < -0.3 is 4.98 Å². The van der Waals surface area contributed by atoms with Crippen LogP contribution in [0.4, 0.5) is 0 Å². The third-order valence-electron chi connectivity index (χ3n) is 2.12. The summed E-state index contributed by atoms with van der Waals surface area (Å²) in [6.45, 7) is 4.40. The Morgan fingerprint density at radius 2 is 2.20 bits per heavy atom. The van der Waals surface area contributed by atoms with E-state index in [-0.39, 0.29) is 5.75 Å². The lowest BCUT2D eigenvalue weighted by molar-refractivity contribution is 0.561. The summed E-state index contributed by atoms with van der Waals surface area (Å²) in [7, 11) is -3.12. The van der Waals surface area contributed by atoms with E-state index >= 15 is 0 Å². The number of rotatable bonds is 6. The number of H-pyrrole nitrogens is 1. The van der Waals surface area contributed by atoms with E-state index in [4.69, 9.17) is 0 Å². The Morgan fingerprint density at radius 3 is 2.73 bits per heavy atom. The van der Waals surface area contributed by atoms with Crippen molar-refractivity contribution in [2.45, 2.75) is 26.8 Å². The number of aromatic nitrogens is 1. The molecule has 1 rings (SSSR count). The highest BCUT2D eigenvalue weighted by molar-refractivity contribution is 7.89. The van der Waals surface area contributed by atoms with Gasteiger partial charge in [0.05, 0.1) is 5.75 Å². The van der Waals surface area contributed by atoms with E-state index in [1.54, 1.807) is 12.4 Å². The van der Waals surface area contributed by atoms with Gasteiger partial charge >= 0.3 is 0 Å².